The number of hydrogen-bond donors (Lipinski definition) is 0. The third-order valence-electron chi connectivity index (χ3n) is 2.17. The first kappa shape index (κ1) is 9.37. The zero-order chi connectivity index (χ0) is 9.97. The first-order valence-corrected chi connectivity index (χ1v) is 5.61. The van der Waals surface area contributed by atoms with Crippen molar-refractivity contribution in [1.29, 1.82) is 0 Å². The van der Waals surface area contributed by atoms with Crippen LogP contribution >= 0.6 is 12.2 Å². The molecule has 2 aromatic carbocycles. The zero-order valence-corrected chi connectivity index (χ0v) is 10.7. The van der Waals surface area contributed by atoms with Gasteiger partial charge in [0.2, 0.25) is 10.5 Å². The summed E-state index contributed by atoms with van der Waals surface area (Å²) < 4.78 is 5.16. The topological polar surface area (TPSA) is 9.23 Å². The van der Waals surface area contributed by atoms with Gasteiger partial charge in [-0.25, -0.2) is 0 Å². The van der Waals surface area contributed by atoms with Crippen molar-refractivity contribution in [2.45, 2.75) is 0 Å². The molecular weight excluding hydrogens is 208 g/mol. The summed E-state index contributed by atoms with van der Waals surface area (Å²) in [5.41, 5.74) is 0.994. The fraction of sp³-hybridized carbons (Fsp3) is 0. The van der Waals surface area contributed by atoms with Gasteiger partial charge in [-0.2, -0.15) is 0 Å². The highest BCUT2D eigenvalue weighted by Crippen LogP contribution is 2.16. The molecule has 0 amide bonds. The van der Waals surface area contributed by atoms with Gasteiger partial charge in [0.1, 0.15) is 0 Å². The Kier molecular flexibility index (Phi) is 2.61. The SMILES string of the molecule is [SiH3]OC(=S)c1ccc2ccccc2c1. The van der Waals surface area contributed by atoms with Crippen LogP contribution in [0.4, 0.5) is 0 Å². The van der Waals surface area contributed by atoms with E-state index in [2.05, 4.69) is 24.3 Å². The fourth-order valence-electron chi connectivity index (χ4n) is 1.43. The van der Waals surface area contributed by atoms with Crippen molar-refractivity contribution in [3.63, 3.8) is 0 Å². The van der Waals surface area contributed by atoms with E-state index >= 15 is 0 Å². The molecule has 0 bridgehead atoms. The van der Waals surface area contributed by atoms with E-state index in [0.717, 1.165) is 5.56 Å². The number of rotatable bonds is 1. The maximum Gasteiger partial charge on any atom is 0.205 e. The normalized spacial score (nSPS) is 10.3. The largest absolute Gasteiger partial charge is 0.545 e. The van der Waals surface area contributed by atoms with Crippen molar-refractivity contribution in [3.05, 3.63) is 48.0 Å². The Bertz CT molecular complexity index is 481. The van der Waals surface area contributed by atoms with Gasteiger partial charge >= 0.3 is 0 Å². The Morgan fingerprint density at radius 3 is 2.50 bits per heavy atom. The maximum absolute atomic E-state index is 5.16. The van der Waals surface area contributed by atoms with Crippen LogP contribution in [0, 0.1) is 0 Å². The molecule has 0 N–H and O–H groups in total. The molecule has 14 heavy (non-hydrogen) atoms. The highest BCUT2D eigenvalue weighted by Gasteiger charge is 2.00. The van der Waals surface area contributed by atoms with E-state index in [1.165, 1.54) is 10.8 Å². The van der Waals surface area contributed by atoms with Crippen molar-refractivity contribution < 1.29 is 4.43 Å². The molecule has 0 aromatic heterocycles. The highest BCUT2D eigenvalue weighted by atomic mass is 32.1. The van der Waals surface area contributed by atoms with Crippen molar-refractivity contribution in [1.82, 2.24) is 0 Å². The lowest BCUT2D eigenvalue weighted by atomic mass is 10.1. The molecule has 0 aliphatic rings. The zero-order valence-electron chi connectivity index (χ0n) is 7.86. The number of hydrogen-bond acceptors (Lipinski definition) is 2. The Morgan fingerprint density at radius 1 is 1.07 bits per heavy atom. The molecule has 3 heteroatoms. The predicted molar refractivity (Wildman–Crippen MR) is 66.7 cm³/mol. The molecular formula is C11H10OSSi. The van der Waals surface area contributed by atoms with Crippen LogP contribution in [-0.4, -0.2) is 15.5 Å². The van der Waals surface area contributed by atoms with Crippen molar-refractivity contribution >= 4 is 38.5 Å². The molecule has 0 radical (unpaired) electrons. The average Bonchev–Trinajstić information content (AvgIpc) is 2.27. The summed E-state index contributed by atoms with van der Waals surface area (Å²) in [7, 11) is 0.647. The molecule has 0 saturated carbocycles. The van der Waals surface area contributed by atoms with Crippen LogP contribution in [0.25, 0.3) is 10.8 Å². The van der Waals surface area contributed by atoms with Crippen molar-refractivity contribution in [2.75, 3.05) is 0 Å². The second-order valence-electron chi connectivity index (χ2n) is 3.05. The van der Waals surface area contributed by atoms with Gasteiger partial charge in [-0.3, -0.25) is 0 Å². The first-order chi connectivity index (χ1) is 6.81. The van der Waals surface area contributed by atoms with E-state index in [0.29, 0.717) is 15.5 Å². The van der Waals surface area contributed by atoms with Crippen molar-refractivity contribution in [2.24, 2.45) is 0 Å². The molecule has 70 valence electrons. The second-order valence-corrected chi connectivity index (χ2v) is 3.83. The van der Waals surface area contributed by atoms with Crippen LogP contribution in [0.3, 0.4) is 0 Å². The first-order valence-electron chi connectivity index (χ1n) is 4.38. The minimum absolute atomic E-state index is 0.599. The summed E-state index contributed by atoms with van der Waals surface area (Å²) in [5, 5.41) is 3.03. The third kappa shape index (κ3) is 1.69. The van der Waals surface area contributed by atoms with Crippen LogP contribution in [-0.2, 0) is 4.43 Å². The van der Waals surface area contributed by atoms with E-state index in [1.807, 2.05) is 18.2 Å². The van der Waals surface area contributed by atoms with E-state index in [4.69, 9.17) is 16.6 Å². The Morgan fingerprint density at radius 2 is 1.79 bits per heavy atom. The summed E-state index contributed by atoms with van der Waals surface area (Å²) in [5.74, 6) is 0. The van der Waals surface area contributed by atoms with E-state index < -0.39 is 0 Å². The molecule has 1 nitrogen and oxygen atoms in total. The average molecular weight is 218 g/mol. The minimum Gasteiger partial charge on any atom is -0.545 e. The molecule has 2 aromatic rings. The van der Waals surface area contributed by atoms with Gasteiger partial charge in [0, 0.05) is 5.56 Å². The van der Waals surface area contributed by atoms with Crippen LogP contribution in [0.5, 0.6) is 0 Å². The lowest BCUT2D eigenvalue weighted by Gasteiger charge is -2.04. The number of fused-ring (bicyclic) bond motifs is 1. The maximum atomic E-state index is 5.16. The van der Waals surface area contributed by atoms with Crippen LogP contribution < -0.4 is 0 Å². The molecule has 2 rings (SSSR count). The van der Waals surface area contributed by atoms with E-state index in [-0.39, 0.29) is 0 Å². The van der Waals surface area contributed by atoms with Crippen LogP contribution in [0.1, 0.15) is 5.56 Å². The van der Waals surface area contributed by atoms with Gasteiger partial charge < -0.3 is 4.43 Å². The number of benzene rings is 2. The smallest absolute Gasteiger partial charge is 0.205 e. The molecule has 0 fully saturated rings. The summed E-state index contributed by atoms with van der Waals surface area (Å²) in [6.07, 6.45) is 0. The second kappa shape index (κ2) is 3.90. The molecule has 0 aliphatic heterocycles. The van der Waals surface area contributed by atoms with E-state index in [9.17, 15) is 0 Å². The van der Waals surface area contributed by atoms with Crippen LogP contribution in [0.15, 0.2) is 42.5 Å². The molecule has 0 heterocycles. The van der Waals surface area contributed by atoms with Gasteiger partial charge in [0.25, 0.3) is 0 Å². The number of thiocarbonyl (C=S) groups is 1. The lowest BCUT2D eigenvalue weighted by Crippen LogP contribution is -1.99. The van der Waals surface area contributed by atoms with E-state index in [1.54, 1.807) is 0 Å². The summed E-state index contributed by atoms with van der Waals surface area (Å²) in [6.45, 7) is 0. The van der Waals surface area contributed by atoms with Crippen LogP contribution in [0.2, 0.25) is 0 Å². The highest BCUT2D eigenvalue weighted by molar-refractivity contribution is 7.80. The van der Waals surface area contributed by atoms with Gasteiger partial charge in [-0.15, -0.1) is 0 Å². The standard InChI is InChI=1S/C11H10OSSi/c13-11(12-14)10-6-5-8-3-1-2-4-9(8)7-10/h1-7H,14H3. The summed E-state index contributed by atoms with van der Waals surface area (Å²) in [4.78, 5) is 0. The minimum atomic E-state index is 0.599. The Labute approximate surface area is 91.2 Å². The van der Waals surface area contributed by atoms with Gasteiger partial charge in [-0.1, -0.05) is 30.3 Å². The van der Waals surface area contributed by atoms with Crippen molar-refractivity contribution in [3.8, 4) is 0 Å². The third-order valence-corrected chi connectivity index (χ3v) is 3.28. The summed E-state index contributed by atoms with van der Waals surface area (Å²) >= 11 is 5.10. The molecule has 0 unspecified atom stereocenters. The van der Waals surface area contributed by atoms with Gasteiger partial charge in [-0.05, 0) is 35.1 Å². The Hall–Kier alpha value is -1.19. The predicted octanol–water partition coefficient (Wildman–Crippen LogP) is 1.81. The fourth-order valence-corrected chi connectivity index (χ4v) is 1.80. The molecule has 0 aliphatic carbocycles. The summed E-state index contributed by atoms with van der Waals surface area (Å²) in [6, 6.07) is 14.4. The lowest BCUT2D eigenvalue weighted by molar-refractivity contribution is 0.632. The van der Waals surface area contributed by atoms with Gasteiger partial charge in [0.05, 0.1) is 0 Å². The Balaban J connectivity index is 2.56. The molecule has 0 atom stereocenters. The molecule has 0 spiro atoms. The molecule has 0 saturated heterocycles. The monoisotopic (exact) mass is 218 g/mol. The van der Waals surface area contributed by atoms with Gasteiger partial charge in [0.15, 0.2) is 5.05 Å². The quantitative estimate of drug-likeness (QED) is 0.533.